The Kier molecular flexibility index (Phi) is 2.21. The molecule has 3 nitrogen and oxygen atoms in total. The van der Waals surface area contributed by atoms with Gasteiger partial charge in [0.05, 0.1) is 0 Å². The summed E-state index contributed by atoms with van der Waals surface area (Å²) < 4.78 is 0. The molecule has 2 atom stereocenters. The van der Waals surface area contributed by atoms with Crippen LogP contribution in [0.3, 0.4) is 0 Å². The Balaban J connectivity index is 2.54. The Morgan fingerprint density at radius 1 is 1.80 bits per heavy atom. The van der Waals surface area contributed by atoms with Crippen LogP contribution < -0.4 is 0 Å². The van der Waals surface area contributed by atoms with Crippen molar-refractivity contribution in [2.24, 2.45) is 0 Å². The minimum absolute atomic E-state index is 0.228. The van der Waals surface area contributed by atoms with Gasteiger partial charge in [0.25, 0.3) is 0 Å². The number of hydrogen-bond acceptors (Lipinski definition) is 3. The number of aliphatic carboxylic acids is 1. The summed E-state index contributed by atoms with van der Waals surface area (Å²) in [4.78, 5) is 12.3. The molecule has 1 aliphatic heterocycles. The standard InChI is InChI=1S/C6H11NO2S/c1-7-3-4(10)2-5(7)6(8)9/h4-5,10H,2-3H2,1H3,(H,8,9). The van der Waals surface area contributed by atoms with E-state index in [0.29, 0.717) is 6.42 Å². The third-order valence-corrected chi connectivity index (χ3v) is 2.19. The number of likely N-dealkylation sites (tertiary alicyclic amines) is 1. The normalized spacial score (nSPS) is 34.6. The summed E-state index contributed by atoms with van der Waals surface area (Å²) in [6.45, 7) is 0.778. The average molecular weight is 161 g/mol. The number of carbonyl (C=O) groups is 1. The van der Waals surface area contributed by atoms with E-state index in [1.807, 2.05) is 11.9 Å². The number of likely N-dealkylation sites (N-methyl/N-ethyl adjacent to an activating group) is 1. The summed E-state index contributed by atoms with van der Waals surface area (Å²) >= 11 is 4.20. The van der Waals surface area contributed by atoms with Gasteiger partial charge >= 0.3 is 5.97 Å². The van der Waals surface area contributed by atoms with Crippen molar-refractivity contribution in [3.63, 3.8) is 0 Å². The van der Waals surface area contributed by atoms with Gasteiger partial charge in [-0.1, -0.05) is 0 Å². The zero-order valence-electron chi connectivity index (χ0n) is 5.82. The van der Waals surface area contributed by atoms with Crippen molar-refractivity contribution in [1.29, 1.82) is 0 Å². The van der Waals surface area contributed by atoms with Gasteiger partial charge in [-0.05, 0) is 13.5 Å². The monoisotopic (exact) mass is 161 g/mol. The van der Waals surface area contributed by atoms with E-state index in [9.17, 15) is 4.79 Å². The average Bonchev–Trinajstić information content (AvgIpc) is 2.10. The third-order valence-electron chi connectivity index (χ3n) is 1.81. The topological polar surface area (TPSA) is 40.5 Å². The highest BCUT2D eigenvalue weighted by molar-refractivity contribution is 7.81. The molecule has 2 unspecified atom stereocenters. The van der Waals surface area contributed by atoms with E-state index < -0.39 is 5.97 Å². The van der Waals surface area contributed by atoms with Crippen LogP contribution in [-0.4, -0.2) is 40.9 Å². The quantitative estimate of drug-likeness (QED) is 0.535. The fraction of sp³-hybridized carbons (Fsp3) is 0.833. The molecule has 58 valence electrons. The van der Waals surface area contributed by atoms with Crippen LogP contribution in [0.4, 0.5) is 0 Å². The summed E-state index contributed by atoms with van der Waals surface area (Å²) in [5.74, 6) is -0.737. The van der Waals surface area contributed by atoms with Crippen molar-refractivity contribution in [2.75, 3.05) is 13.6 Å². The molecule has 0 bridgehead atoms. The number of thiol groups is 1. The van der Waals surface area contributed by atoms with Gasteiger partial charge < -0.3 is 5.11 Å². The van der Waals surface area contributed by atoms with E-state index in [1.54, 1.807) is 0 Å². The van der Waals surface area contributed by atoms with E-state index in [4.69, 9.17) is 5.11 Å². The molecular formula is C6H11NO2S. The summed E-state index contributed by atoms with van der Waals surface area (Å²) in [6, 6.07) is -0.317. The summed E-state index contributed by atoms with van der Waals surface area (Å²) in [6.07, 6.45) is 0.662. The lowest BCUT2D eigenvalue weighted by Crippen LogP contribution is -2.32. The Morgan fingerprint density at radius 2 is 2.40 bits per heavy atom. The van der Waals surface area contributed by atoms with Gasteiger partial charge in [-0.3, -0.25) is 9.69 Å². The van der Waals surface area contributed by atoms with Gasteiger partial charge in [0.2, 0.25) is 0 Å². The molecule has 0 aromatic heterocycles. The van der Waals surface area contributed by atoms with Gasteiger partial charge in [0.1, 0.15) is 6.04 Å². The molecule has 1 saturated heterocycles. The number of carboxylic acids is 1. The largest absolute Gasteiger partial charge is 0.480 e. The summed E-state index contributed by atoms with van der Waals surface area (Å²) in [7, 11) is 1.81. The fourth-order valence-corrected chi connectivity index (χ4v) is 1.72. The number of rotatable bonds is 1. The maximum absolute atomic E-state index is 10.5. The van der Waals surface area contributed by atoms with E-state index in [1.165, 1.54) is 0 Å². The van der Waals surface area contributed by atoms with Crippen LogP contribution in [0.15, 0.2) is 0 Å². The van der Waals surface area contributed by atoms with Gasteiger partial charge in [-0.15, -0.1) is 0 Å². The van der Waals surface area contributed by atoms with Gasteiger partial charge in [-0.2, -0.15) is 12.6 Å². The molecule has 1 fully saturated rings. The van der Waals surface area contributed by atoms with Crippen LogP contribution in [0.1, 0.15) is 6.42 Å². The summed E-state index contributed by atoms with van der Waals surface area (Å²) in [5.41, 5.74) is 0. The highest BCUT2D eigenvalue weighted by Gasteiger charge is 2.32. The molecule has 1 aliphatic rings. The molecule has 0 spiro atoms. The molecule has 0 aromatic carbocycles. The van der Waals surface area contributed by atoms with Crippen molar-refractivity contribution in [2.45, 2.75) is 17.7 Å². The second-order valence-corrected chi connectivity index (χ2v) is 3.41. The molecule has 1 rings (SSSR count). The number of nitrogens with zero attached hydrogens (tertiary/aromatic N) is 1. The van der Waals surface area contributed by atoms with E-state index in [2.05, 4.69) is 12.6 Å². The Bertz CT molecular complexity index is 151. The second kappa shape index (κ2) is 2.80. The Hall–Kier alpha value is -0.220. The first kappa shape index (κ1) is 7.88. The van der Waals surface area contributed by atoms with Gasteiger partial charge in [-0.25, -0.2) is 0 Å². The van der Waals surface area contributed by atoms with Crippen LogP contribution in [0, 0.1) is 0 Å². The van der Waals surface area contributed by atoms with Crippen molar-refractivity contribution in [3.05, 3.63) is 0 Å². The maximum atomic E-state index is 10.5. The van der Waals surface area contributed by atoms with Crippen LogP contribution >= 0.6 is 12.6 Å². The van der Waals surface area contributed by atoms with Crippen molar-refractivity contribution < 1.29 is 9.90 Å². The Morgan fingerprint density at radius 3 is 2.60 bits per heavy atom. The first-order valence-corrected chi connectivity index (χ1v) is 3.74. The zero-order chi connectivity index (χ0) is 7.72. The van der Waals surface area contributed by atoms with E-state index in [-0.39, 0.29) is 11.3 Å². The SMILES string of the molecule is CN1CC(S)CC1C(=O)O. The lowest BCUT2D eigenvalue weighted by molar-refractivity contribution is -0.141. The van der Waals surface area contributed by atoms with Gasteiger partial charge in [0, 0.05) is 11.8 Å². The minimum Gasteiger partial charge on any atom is -0.480 e. The fourth-order valence-electron chi connectivity index (χ4n) is 1.26. The Labute approximate surface area is 65.4 Å². The molecule has 10 heavy (non-hydrogen) atoms. The van der Waals surface area contributed by atoms with Crippen LogP contribution in [-0.2, 0) is 4.79 Å². The first-order chi connectivity index (χ1) is 4.61. The van der Waals surface area contributed by atoms with E-state index in [0.717, 1.165) is 6.54 Å². The van der Waals surface area contributed by atoms with Gasteiger partial charge in [0.15, 0.2) is 0 Å². The predicted octanol–water partition coefficient (Wildman–Crippen LogP) is 0.0735. The maximum Gasteiger partial charge on any atom is 0.320 e. The van der Waals surface area contributed by atoms with Crippen LogP contribution in [0.2, 0.25) is 0 Å². The molecule has 0 aliphatic carbocycles. The van der Waals surface area contributed by atoms with Crippen LogP contribution in [0.5, 0.6) is 0 Å². The van der Waals surface area contributed by atoms with Crippen molar-refractivity contribution in [3.8, 4) is 0 Å². The van der Waals surface area contributed by atoms with Crippen molar-refractivity contribution >= 4 is 18.6 Å². The number of hydrogen-bond donors (Lipinski definition) is 2. The smallest absolute Gasteiger partial charge is 0.320 e. The van der Waals surface area contributed by atoms with Crippen molar-refractivity contribution in [1.82, 2.24) is 4.90 Å². The minimum atomic E-state index is -0.737. The molecule has 0 aromatic rings. The molecular weight excluding hydrogens is 150 g/mol. The molecule has 0 radical (unpaired) electrons. The molecule has 4 heteroatoms. The molecule has 1 heterocycles. The third kappa shape index (κ3) is 1.44. The lowest BCUT2D eigenvalue weighted by atomic mass is 10.2. The molecule has 0 amide bonds. The lowest BCUT2D eigenvalue weighted by Gasteiger charge is -2.13. The molecule has 1 N–H and O–H groups in total. The summed E-state index contributed by atoms with van der Waals surface area (Å²) in [5, 5.41) is 8.85. The first-order valence-electron chi connectivity index (χ1n) is 3.22. The number of carboxylic acid groups (broad SMARTS) is 1. The molecule has 0 saturated carbocycles. The highest BCUT2D eigenvalue weighted by atomic mass is 32.1. The predicted molar refractivity (Wildman–Crippen MR) is 41.4 cm³/mol. The van der Waals surface area contributed by atoms with E-state index >= 15 is 0 Å². The second-order valence-electron chi connectivity index (χ2n) is 2.68. The zero-order valence-corrected chi connectivity index (χ0v) is 6.71. The highest BCUT2D eigenvalue weighted by Crippen LogP contribution is 2.19. The van der Waals surface area contributed by atoms with Crippen LogP contribution in [0.25, 0.3) is 0 Å².